The normalized spacial score (nSPS) is 26.8. The summed E-state index contributed by atoms with van der Waals surface area (Å²) >= 11 is 0. The summed E-state index contributed by atoms with van der Waals surface area (Å²) in [5.74, 6) is -0.233. The van der Waals surface area contributed by atoms with E-state index in [0.717, 1.165) is 24.8 Å². The number of likely N-dealkylation sites (tertiary alicyclic amines) is 3. The molecule has 0 radical (unpaired) electrons. The molecule has 0 spiro atoms. The third-order valence-electron chi connectivity index (χ3n) is 7.99. The monoisotopic (exact) mass is 525 g/mol. The number of amides is 3. The van der Waals surface area contributed by atoms with Gasteiger partial charge in [0, 0.05) is 25.7 Å². The third-order valence-corrected chi connectivity index (χ3v) is 7.99. The van der Waals surface area contributed by atoms with E-state index in [2.05, 4.69) is 11.4 Å². The minimum absolute atomic E-state index is 0.0147. The number of piperazine rings is 1. The molecular weight excluding hydrogens is 489 g/mol. The van der Waals surface area contributed by atoms with Gasteiger partial charge in [0.1, 0.15) is 23.5 Å². The molecule has 4 fully saturated rings. The van der Waals surface area contributed by atoms with Crippen LogP contribution in [0.1, 0.15) is 64.5 Å². The molecule has 38 heavy (non-hydrogen) atoms. The molecular formula is C28H36FN5O4. The summed E-state index contributed by atoms with van der Waals surface area (Å²) in [5, 5.41) is 12.2. The van der Waals surface area contributed by atoms with Crippen LogP contribution in [0.5, 0.6) is 0 Å². The summed E-state index contributed by atoms with van der Waals surface area (Å²) in [6, 6.07) is 6.70. The lowest BCUT2D eigenvalue weighted by atomic mass is 9.99. The van der Waals surface area contributed by atoms with Crippen molar-refractivity contribution in [1.29, 1.82) is 5.26 Å². The largest absolute Gasteiger partial charge is 0.444 e. The first-order chi connectivity index (χ1) is 18.1. The van der Waals surface area contributed by atoms with Crippen LogP contribution in [0.15, 0.2) is 24.3 Å². The van der Waals surface area contributed by atoms with Crippen LogP contribution >= 0.6 is 0 Å². The number of nitriles is 1. The van der Waals surface area contributed by atoms with Crippen molar-refractivity contribution < 1.29 is 23.5 Å². The van der Waals surface area contributed by atoms with E-state index < -0.39 is 23.8 Å². The lowest BCUT2D eigenvalue weighted by molar-refractivity contribution is -0.142. The highest BCUT2D eigenvalue weighted by molar-refractivity contribution is 5.88. The molecule has 3 amide bonds. The highest BCUT2D eigenvalue weighted by atomic mass is 19.1. The maximum atomic E-state index is 13.7. The fraction of sp³-hybridized carbons (Fsp3) is 0.643. The highest BCUT2D eigenvalue weighted by Gasteiger charge is 2.55. The third kappa shape index (κ3) is 5.35. The molecule has 1 aromatic carbocycles. The fourth-order valence-corrected chi connectivity index (χ4v) is 6.22. The molecule has 9 nitrogen and oxygen atoms in total. The van der Waals surface area contributed by atoms with Crippen molar-refractivity contribution in [3.8, 4) is 6.07 Å². The summed E-state index contributed by atoms with van der Waals surface area (Å²) in [6.07, 6.45) is 3.37. The average Bonchev–Trinajstić information content (AvgIpc) is 3.29. The van der Waals surface area contributed by atoms with Crippen molar-refractivity contribution >= 4 is 17.9 Å². The van der Waals surface area contributed by atoms with Crippen LogP contribution in [0.25, 0.3) is 0 Å². The summed E-state index contributed by atoms with van der Waals surface area (Å²) < 4.78 is 19.0. The number of nitrogens with one attached hydrogen (secondary N) is 1. The Morgan fingerprint density at radius 2 is 1.92 bits per heavy atom. The van der Waals surface area contributed by atoms with E-state index in [1.807, 2.05) is 9.80 Å². The van der Waals surface area contributed by atoms with E-state index in [9.17, 15) is 24.0 Å². The predicted octanol–water partition coefficient (Wildman–Crippen LogP) is 2.97. The van der Waals surface area contributed by atoms with Gasteiger partial charge in [-0.3, -0.25) is 14.5 Å². The number of ether oxygens (including phenoxy) is 1. The van der Waals surface area contributed by atoms with Crippen molar-refractivity contribution in [3.63, 3.8) is 0 Å². The van der Waals surface area contributed by atoms with Gasteiger partial charge in [0.05, 0.1) is 18.2 Å². The summed E-state index contributed by atoms with van der Waals surface area (Å²) in [7, 11) is 0. The summed E-state index contributed by atoms with van der Waals surface area (Å²) in [5.41, 5.74) is 0.222. The molecule has 4 aliphatic rings. The number of rotatable bonds is 7. The number of benzene rings is 1. The van der Waals surface area contributed by atoms with Crippen molar-refractivity contribution in [1.82, 2.24) is 20.0 Å². The number of hydrogen-bond acceptors (Lipinski definition) is 6. The maximum absolute atomic E-state index is 13.7. The second kappa shape index (κ2) is 10.2. The molecule has 1 N–H and O–H groups in total. The zero-order chi connectivity index (χ0) is 27.2. The van der Waals surface area contributed by atoms with Crippen LogP contribution in [-0.2, 0) is 14.3 Å². The van der Waals surface area contributed by atoms with Gasteiger partial charge in [0.2, 0.25) is 11.8 Å². The van der Waals surface area contributed by atoms with Gasteiger partial charge in [-0.15, -0.1) is 0 Å². The number of halogens is 1. The molecule has 2 bridgehead atoms. The van der Waals surface area contributed by atoms with Crippen LogP contribution < -0.4 is 5.32 Å². The topological polar surface area (TPSA) is 106 Å². The summed E-state index contributed by atoms with van der Waals surface area (Å²) in [6.45, 7) is 6.46. The number of carbonyl (C=O) groups excluding carboxylic acids is 3. The quantitative estimate of drug-likeness (QED) is 0.587. The molecule has 4 unspecified atom stereocenters. The van der Waals surface area contributed by atoms with Crippen LogP contribution in [0.4, 0.5) is 9.18 Å². The average molecular weight is 526 g/mol. The molecule has 1 aromatic rings. The molecule has 3 aliphatic heterocycles. The van der Waals surface area contributed by atoms with Crippen molar-refractivity contribution in [3.05, 3.63) is 35.6 Å². The van der Waals surface area contributed by atoms with Crippen molar-refractivity contribution in [2.45, 2.75) is 88.7 Å². The number of alkyl carbamates (subject to hydrolysis) is 1. The van der Waals surface area contributed by atoms with E-state index >= 15 is 0 Å². The maximum Gasteiger partial charge on any atom is 0.408 e. The van der Waals surface area contributed by atoms with Crippen molar-refractivity contribution in [2.75, 3.05) is 19.6 Å². The van der Waals surface area contributed by atoms with Gasteiger partial charge in [0.15, 0.2) is 0 Å². The van der Waals surface area contributed by atoms with E-state index in [1.54, 1.807) is 32.9 Å². The first kappa shape index (κ1) is 26.4. The molecule has 5 rings (SSSR count). The lowest BCUT2D eigenvalue weighted by Crippen LogP contribution is -2.59. The van der Waals surface area contributed by atoms with Gasteiger partial charge in [-0.2, -0.15) is 5.26 Å². The number of hydrogen-bond donors (Lipinski definition) is 1. The molecule has 204 valence electrons. The molecule has 10 heteroatoms. The van der Waals surface area contributed by atoms with Gasteiger partial charge in [-0.1, -0.05) is 12.1 Å². The van der Waals surface area contributed by atoms with Gasteiger partial charge in [-0.05, 0) is 76.5 Å². The summed E-state index contributed by atoms with van der Waals surface area (Å²) in [4.78, 5) is 45.3. The Bertz CT molecular complexity index is 1130. The molecule has 3 saturated heterocycles. The van der Waals surface area contributed by atoms with E-state index in [0.29, 0.717) is 31.8 Å². The van der Waals surface area contributed by atoms with Gasteiger partial charge in [-0.25, -0.2) is 9.18 Å². The van der Waals surface area contributed by atoms with E-state index in [-0.39, 0.29) is 42.3 Å². The Hall–Kier alpha value is -3.19. The zero-order valence-corrected chi connectivity index (χ0v) is 22.2. The van der Waals surface area contributed by atoms with Crippen LogP contribution in [0.2, 0.25) is 0 Å². The fourth-order valence-electron chi connectivity index (χ4n) is 6.22. The van der Waals surface area contributed by atoms with Crippen LogP contribution in [-0.4, -0.2) is 82.0 Å². The van der Waals surface area contributed by atoms with Gasteiger partial charge < -0.3 is 19.9 Å². The second-order valence-electron chi connectivity index (χ2n) is 12.0. The Kier molecular flexibility index (Phi) is 7.07. The minimum atomic E-state index is -0.935. The van der Waals surface area contributed by atoms with Gasteiger partial charge in [0.25, 0.3) is 0 Å². The predicted molar refractivity (Wildman–Crippen MR) is 136 cm³/mol. The van der Waals surface area contributed by atoms with Crippen LogP contribution in [0.3, 0.4) is 0 Å². The molecule has 1 aliphatic carbocycles. The van der Waals surface area contributed by atoms with E-state index in [1.165, 1.54) is 17.0 Å². The standard InChI is InChI=1S/C28H36FN5O4/c1-28(2,3)38-27(37)31-22(25(35)33-12-4-5-20(33)14-30)16-32-15-21-13-23(32)26(36)34(21)24(17-6-7-17)18-8-10-19(29)11-9-18/h8-11,17,20-24H,4-7,12-13,15-16H2,1-3H3,(H,31,37)/t20?,21-,22?,23?,24?/m0/s1. The second-order valence-corrected chi connectivity index (χ2v) is 12.0. The SMILES string of the molecule is CC(C)(C)OC(=O)NC(CN1C[C@@H]2CC1C(=O)N2C(c1ccc(F)cc1)C1CC1)C(=O)N1CCCC1C#N. The Morgan fingerprint density at radius 1 is 1.21 bits per heavy atom. The lowest BCUT2D eigenvalue weighted by Gasteiger charge is -2.40. The number of nitrogens with zero attached hydrogens (tertiary/aromatic N) is 4. The minimum Gasteiger partial charge on any atom is -0.444 e. The molecule has 5 atom stereocenters. The number of fused-ring (bicyclic) bond motifs is 2. The molecule has 3 heterocycles. The highest BCUT2D eigenvalue weighted by Crippen LogP contribution is 2.49. The zero-order valence-electron chi connectivity index (χ0n) is 22.2. The number of carbonyl (C=O) groups is 3. The van der Waals surface area contributed by atoms with Gasteiger partial charge >= 0.3 is 6.09 Å². The first-order valence-electron chi connectivity index (χ1n) is 13.6. The Labute approximate surface area is 222 Å². The van der Waals surface area contributed by atoms with Crippen LogP contribution in [0, 0.1) is 23.1 Å². The van der Waals surface area contributed by atoms with Crippen molar-refractivity contribution in [2.24, 2.45) is 5.92 Å². The first-order valence-corrected chi connectivity index (χ1v) is 13.6. The smallest absolute Gasteiger partial charge is 0.408 e. The molecule has 1 saturated carbocycles. The Morgan fingerprint density at radius 3 is 2.53 bits per heavy atom. The van der Waals surface area contributed by atoms with E-state index in [4.69, 9.17) is 4.74 Å². The Balaban J connectivity index is 1.32. The molecule has 0 aromatic heterocycles.